The molecule has 1 nitrogen and oxygen atoms in total. The van der Waals surface area contributed by atoms with Crippen LogP contribution in [0.2, 0.25) is 0 Å². The Labute approximate surface area is 80.6 Å². The van der Waals surface area contributed by atoms with Gasteiger partial charge >= 0.3 is 0 Å². The van der Waals surface area contributed by atoms with Crippen molar-refractivity contribution in [3.8, 4) is 0 Å². The molecule has 0 aromatic carbocycles. The number of aliphatic imine (C=N–C) groups is 1. The highest BCUT2D eigenvalue weighted by Crippen LogP contribution is 2.20. The van der Waals surface area contributed by atoms with Crippen molar-refractivity contribution in [2.75, 3.05) is 0 Å². The number of rotatable bonds is 1. The topological polar surface area (TPSA) is 12.4 Å². The van der Waals surface area contributed by atoms with Crippen LogP contribution >= 0.6 is 0 Å². The molecule has 0 fully saturated rings. The van der Waals surface area contributed by atoms with E-state index in [2.05, 4.69) is 31.8 Å². The fourth-order valence-electron chi connectivity index (χ4n) is 1.17. The molecule has 1 aliphatic rings. The van der Waals surface area contributed by atoms with E-state index in [1.165, 1.54) is 0 Å². The van der Waals surface area contributed by atoms with Crippen LogP contribution in [0.4, 0.5) is 0 Å². The lowest BCUT2D eigenvalue weighted by Crippen LogP contribution is -2.11. The highest BCUT2D eigenvalue weighted by Gasteiger charge is 2.12. The maximum Gasteiger partial charge on any atom is 0.0408 e. The van der Waals surface area contributed by atoms with Crippen LogP contribution in [0.1, 0.15) is 27.2 Å². The molecule has 0 saturated heterocycles. The van der Waals surface area contributed by atoms with Gasteiger partial charge in [0, 0.05) is 11.9 Å². The minimum absolute atomic E-state index is 0.305. The van der Waals surface area contributed by atoms with Gasteiger partial charge in [0.25, 0.3) is 0 Å². The minimum atomic E-state index is 0.305. The zero-order chi connectivity index (χ0) is 9.73. The summed E-state index contributed by atoms with van der Waals surface area (Å²) < 4.78 is 0. The van der Waals surface area contributed by atoms with Crippen molar-refractivity contribution >= 4 is 5.71 Å². The molecule has 13 heavy (non-hydrogen) atoms. The number of hydrogen-bond acceptors (Lipinski definition) is 1. The lowest BCUT2D eigenvalue weighted by Gasteiger charge is -2.17. The van der Waals surface area contributed by atoms with Crippen molar-refractivity contribution in [1.29, 1.82) is 0 Å². The third-order valence-corrected chi connectivity index (χ3v) is 1.66. The van der Waals surface area contributed by atoms with Gasteiger partial charge in [0.2, 0.25) is 0 Å². The molecule has 0 aromatic heterocycles. The first kappa shape index (κ1) is 9.97. The van der Waals surface area contributed by atoms with Crippen LogP contribution in [0.15, 0.2) is 41.6 Å². The molecule has 0 unspecified atom stereocenters. The Balaban J connectivity index is 2.69. The summed E-state index contributed by atoms with van der Waals surface area (Å²) in [6, 6.07) is 0. The first-order chi connectivity index (χ1) is 6.08. The monoisotopic (exact) mass is 175 g/mol. The Kier molecular flexibility index (Phi) is 3.24. The highest BCUT2D eigenvalue weighted by molar-refractivity contribution is 5.96. The zero-order valence-corrected chi connectivity index (χ0v) is 8.62. The van der Waals surface area contributed by atoms with E-state index in [9.17, 15) is 0 Å². The molecule has 0 atom stereocenters. The summed E-state index contributed by atoms with van der Waals surface area (Å²) >= 11 is 0. The molecule has 0 aromatic rings. The molecule has 0 bridgehead atoms. The van der Waals surface area contributed by atoms with Gasteiger partial charge in [0.05, 0.1) is 0 Å². The van der Waals surface area contributed by atoms with Crippen LogP contribution < -0.4 is 0 Å². The standard InChI is InChI=1S/C12H17N/c1-12(2,3)10-11-8-6-4-5-7-9-13-11/h4-9H,10H2,1-3H3/b5-4-,6-4?,7-5?,8-6?,9-7-,11-8?,13-9?,13-11?. The van der Waals surface area contributed by atoms with Gasteiger partial charge in [0.15, 0.2) is 0 Å². The maximum absolute atomic E-state index is 4.37. The smallest absolute Gasteiger partial charge is 0.0408 e. The van der Waals surface area contributed by atoms with Crippen molar-refractivity contribution in [2.45, 2.75) is 27.2 Å². The van der Waals surface area contributed by atoms with Gasteiger partial charge in [-0.3, -0.25) is 4.99 Å². The van der Waals surface area contributed by atoms with Crippen molar-refractivity contribution < 1.29 is 0 Å². The van der Waals surface area contributed by atoms with E-state index < -0.39 is 0 Å². The molecular formula is C12H17N. The molecule has 1 rings (SSSR count). The third-order valence-electron chi connectivity index (χ3n) is 1.66. The highest BCUT2D eigenvalue weighted by atomic mass is 14.7. The predicted octanol–water partition coefficient (Wildman–Crippen LogP) is 3.50. The van der Waals surface area contributed by atoms with Crippen LogP contribution in [0.25, 0.3) is 0 Å². The average Bonchev–Trinajstić information content (AvgIpc) is 1.92. The molecular weight excluding hydrogens is 158 g/mol. The SMILES string of the molecule is CC(C)(C)CC1=N/C=C\C=C/C=C1. The van der Waals surface area contributed by atoms with Gasteiger partial charge in [0.1, 0.15) is 0 Å². The van der Waals surface area contributed by atoms with Crippen molar-refractivity contribution in [2.24, 2.45) is 10.4 Å². The largest absolute Gasteiger partial charge is 0.261 e. The lowest BCUT2D eigenvalue weighted by molar-refractivity contribution is 0.434. The van der Waals surface area contributed by atoms with Crippen LogP contribution in [0.3, 0.4) is 0 Å². The minimum Gasteiger partial charge on any atom is -0.261 e. The average molecular weight is 175 g/mol. The Morgan fingerprint density at radius 1 is 1.08 bits per heavy atom. The molecule has 0 amide bonds. The molecule has 1 heterocycles. The zero-order valence-electron chi connectivity index (χ0n) is 8.62. The summed E-state index contributed by atoms with van der Waals surface area (Å²) in [4.78, 5) is 4.37. The maximum atomic E-state index is 4.37. The van der Waals surface area contributed by atoms with Crippen LogP contribution in [-0.4, -0.2) is 5.71 Å². The van der Waals surface area contributed by atoms with E-state index in [1.54, 1.807) is 0 Å². The predicted molar refractivity (Wildman–Crippen MR) is 58.9 cm³/mol. The lowest BCUT2D eigenvalue weighted by atomic mass is 9.89. The van der Waals surface area contributed by atoms with Crippen molar-refractivity contribution in [3.63, 3.8) is 0 Å². The molecule has 0 N–H and O–H groups in total. The third kappa shape index (κ3) is 4.46. The quantitative estimate of drug-likeness (QED) is 0.578. The Morgan fingerprint density at radius 3 is 2.46 bits per heavy atom. The molecule has 70 valence electrons. The molecule has 1 heteroatoms. The fourth-order valence-corrected chi connectivity index (χ4v) is 1.17. The number of allylic oxidation sites excluding steroid dienone is 5. The van der Waals surface area contributed by atoms with Gasteiger partial charge in [-0.2, -0.15) is 0 Å². The van der Waals surface area contributed by atoms with E-state index in [4.69, 9.17) is 0 Å². The van der Waals surface area contributed by atoms with Crippen LogP contribution in [0, 0.1) is 5.41 Å². The first-order valence-electron chi connectivity index (χ1n) is 4.64. The van der Waals surface area contributed by atoms with Crippen molar-refractivity contribution in [3.05, 3.63) is 36.6 Å². The van der Waals surface area contributed by atoms with Crippen LogP contribution in [-0.2, 0) is 0 Å². The summed E-state index contributed by atoms with van der Waals surface area (Å²) in [6.07, 6.45) is 12.9. The van der Waals surface area contributed by atoms with Crippen molar-refractivity contribution in [1.82, 2.24) is 0 Å². The fraction of sp³-hybridized carbons (Fsp3) is 0.417. The van der Waals surface area contributed by atoms with E-state index in [-0.39, 0.29) is 0 Å². The number of nitrogens with zero attached hydrogens (tertiary/aromatic N) is 1. The van der Waals surface area contributed by atoms with E-state index in [1.807, 2.05) is 30.5 Å². The summed E-state index contributed by atoms with van der Waals surface area (Å²) in [6.45, 7) is 6.67. The van der Waals surface area contributed by atoms with E-state index in [0.29, 0.717) is 5.41 Å². The molecule has 0 saturated carbocycles. The molecule has 0 aliphatic carbocycles. The van der Waals surface area contributed by atoms with Gasteiger partial charge in [-0.25, -0.2) is 0 Å². The Morgan fingerprint density at radius 2 is 1.77 bits per heavy atom. The second-order valence-corrected chi connectivity index (χ2v) is 4.44. The summed E-state index contributed by atoms with van der Waals surface area (Å²) in [5.41, 5.74) is 1.45. The normalized spacial score (nSPS) is 21.6. The summed E-state index contributed by atoms with van der Waals surface area (Å²) in [5.74, 6) is 0. The van der Waals surface area contributed by atoms with Gasteiger partial charge in [-0.1, -0.05) is 39.0 Å². The Hall–Kier alpha value is -1.11. The molecule has 0 spiro atoms. The Bertz CT molecular complexity index is 272. The van der Waals surface area contributed by atoms with E-state index >= 15 is 0 Å². The van der Waals surface area contributed by atoms with Gasteiger partial charge in [-0.05, 0) is 24.0 Å². The molecule has 0 radical (unpaired) electrons. The van der Waals surface area contributed by atoms with Crippen LogP contribution in [0.5, 0.6) is 0 Å². The first-order valence-corrected chi connectivity index (χ1v) is 4.64. The second-order valence-electron chi connectivity index (χ2n) is 4.44. The summed E-state index contributed by atoms with van der Waals surface area (Å²) in [5, 5.41) is 0. The summed E-state index contributed by atoms with van der Waals surface area (Å²) in [7, 11) is 0. The number of hydrogen-bond donors (Lipinski definition) is 0. The van der Waals surface area contributed by atoms with Gasteiger partial charge in [-0.15, -0.1) is 0 Å². The second kappa shape index (κ2) is 4.22. The van der Waals surface area contributed by atoms with E-state index in [0.717, 1.165) is 12.1 Å². The van der Waals surface area contributed by atoms with Gasteiger partial charge < -0.3 is 0 Å². The molecule has 1 aliphatic heterocycles.